The molecule has 0 unspecified atom stereocenters. The molecule has 0 amide bonds. The summed E-state index contributed by atoms with van der Waals surface area (Å²) in [6.07, 6.45) is 0. The van der Waals surface area contributed by atoms with Crippen molar-refractivity contribution in [2.45, 2.75) is 11.8 Å². The Labute approximate surface area is 152 Å². The van der Waals surface area contributed by atoms with Gasteiger partial charge in [-0.1, -0.05) is 12.1 Å². The predicted octanol–water partition coefficient (Wildman–Crippen LogP) is 3.47. The van der Waals surface area contributed by atoms with Gasteiger partial charge in [-0.25, -0.2) is 34.7 Å². The van der Waals surface area contributed by atoms with E-state index in [0.29, 0.717) is 5.56 Å². The van der Waals surface area contributed by atoms with Crippen LogP contribution < -0.4 is 5.43 Å². The fourth-order valence-electron chi connectivity index (χ4n) is 1.99. The summed E-state index contributed by atoms with van der Waals surface area (Å²) < 4.78 is 91.5. The van der Waals surface area contributed by atoms with E-state index < -0.39 is 44.8 Å². The Kier molecular flexibility index (Phi) is 5.85. The van der Waals surface area contributed by atoms with Crippen LogP contribution in [-0.2, 0) is 10.0 Å². The van der Waals surface area contributed by atoms with Gasteiger partial charge >= 0.3 is 0 Å². The molecule has 0 heterocycles. The van der Waals surface area contributed by atoms with Crippen LogP contribution in [0.5, 0.6) is 0 Å². The average Bonchev–Trinajstić information content (AvgIpc) is 2.64. The molecule has 0 spiro atoms. The van der Waals surface area contributed by atoms with Crippen molar-refractivity contribution in [1.82, 2.24) is 4.31 Å². The van der Waals surface area contributed by atoms with Gasteiger partial charge in [0.25, 0.3) is 0 Å². The van der Waals surface area contributed by atoms with Gasteiger partial charge in [0.1, 0.15) is 5.69 Å². The highest BCUT2D eigenvalue weighted by molar-refractivity contribution is 7.89. The normalized spacial score (nSPS) is 12.6. The minimum absolute atomic E-state index is 0.0109. The maximum absolute atomic E-state index is 13.6. The van der Waals surface area contributed by atoms with E-state index >= 15 is 0 Å². The van der Waals surface area contributed by atoms with E-state index in [1.54, 1.807) is 0 Å². The third-order valence-corrected chi connectivity index (χ3v) is 5.43. The van der Waals surface area contributed by atoms with Crippen molar-refractivity contribution in [2.24, 2.45) is 5.10 Å². The van der Waals surface area contributed by atoms with Gasteiger partial charge in [0.2, 0.25) is 15.8 Å². The fraction of sp³-hybridized carbons (Fsp3) is 0.188. The first kappa shape index (κ1) is 20.8. The molecular weight excluding hydrogens is 393 g/mol. The highest BCUT2D eigenvalue weighted by Gasteiger charge is 2.25. The molecular formula is C16H14F5N3O2S. The maximum Gasteiger partial charge on any atom is 0.242 e. The Morgan fingerprint density at radius 1 is 0.889 bits per heavy atom. The van der Waals surface area contributed by atoms with Crippen molar-refractivity contribution in [3.05, 3.63) is 58.9 Å². The molecule has 0 aromatic heterocycles. The monoisotopic (exact) mass is 407 g/mol. The smallest absolute Gasteiger partial charge is 0.242 e. The molecule has 0 fully saturated rings. The molecule has 11 heteroatoms. The fourth-order valence-corrected chi connectivity index (χ4v) is 2.89. The summed E-state index contributed by atoms with van der Waals surface area (Å²) in [5.74, 6) is -10.6. The van der Waals surface area contributed by atoms with Gasteiger partial charge in [-0.3, -0.25) is 5.43 Å². The molecule has 2 aromatic rings. The van der Waals surface area contributed by atoms with E-state index in [9.17, 15) is 30.4 Å². The van der Waals surface area contributed by atoms with Gasteiger partial charge in [0, 0.05) is 14.1 Å². The zero-order chi connectivity index (χ0) is 20.5. The third kappa shape index (κ3) is 3.93. The maximum atomic E-state index is 13.6. The SMILES string of the molecule is C/C(=N/Nc1c(F)c(F)c(F)c(F)c1F)c1ccc(S(=O)(=O)N(C)C)cc1. The second-order valence-corrected chi connectivity index (χ2v) is 7.72. The predicted molar refractivity (Wildman–Crippen MR) is 89.4 cm³/mol. The number of hydrogen-bond donors (Lipinski definition) is 1. The number of nitrogens with zero attached hydrogens (tertiary/aromatic N) is 2. The minimum atomic E-state index is -3.64. The summed E-state index contributed by atoms with van der Waals surface area (Å²) in [5, 5.41) is 3.60. The Morgan fingerprint density at radius 3 is 1.78 bits per heavy atom. The van der Waals surface area contributed by atoms with Crippen molar-refractivity contribution < 1.29 is 30.4 Å². The molecule has 2 rings (SSSR count). The van der Waals surface area contributed by atoms with E-state index in [-0.39, 0.29) is 10.6 Å². The lowest BCUT2D eigenvalue weighted by atomic mass is 10.1. The van der Waals surface area contributed by atoms with E-state index in [1.165, 1.54) is 45.3 Å². The Hall–Kier alpha value is -2.53. The van der Waals surface area contributed by atoms with Crippen molar-refractivity contribution in [1.29, 1.82) is 0 Å². The Balaban J connectivity index is 2.32. The van der Waals surface area contributed by atoms with Crippen LogP contribution in [0.3, 0.4) is 0 Å². The van der Waals surface area contributed by atoms with Gasteiger partial charge in [-0.2, -0.15) is 5.10 Å². The van der Waals surface area contributed by atoms with Crippen LogP contribution in [-0.4, -0.2) is 32.5 Å². The first-order valence-electron chi connectivity index (χ1n) is 7.33. The quantitative estimate of drug-likeness (QED) is 0.272. The van der Waals surface area contributed by atoms with Crippen LogP contribution in [0.4, 0.5) is 27.6 Å². The summed E-state index contributed by atoms with van der Waals surface area (Å²) >= 11 is 0. The molecule has 146 valence electrons. The third-order valence-electron chi connectivity index (χ3n) is 3.60. The van der Waals surface area contributed by atoms with E-state index in [1.807, 2.05) is 5.43 Å². The Bertz CT molecular complexity index is 977. The summed E-state index contributed by atoms with van der Waals surface area (Å²) in [7, 11) is -0.910. The molecule has 1 N–H and O–H groups in total. The van der Waals surface area contributed by atoms with Gasteiger partial charge in [0.05, 0.1) is 10.6 Å². The molecule has 2 aromatic carbocycles. The summed E-state index contributed by atoms with van der Waals surface area (Å²) in [5.41, 5.74) is 1.01. The van der Waals surface area contributed by atoms with Crippen LogP contribution in [0.15, 0.2) is 34.3 Å². The highest BCUT2D eigenvalue weighted by atomic mass is 32.2. The summed E-state index contributed by atoms with van der Waals surface area (Å²) in [6, 6.07) is 5.36. The number of hydrazone groups is 1. The number of rotatable bonds is 5. The molecule has 0 aliphatic carbocycles. The summed E-state index contributed by atoms with van der Waals surface area (Å²) in [6.45, 7) is 1.40. The van der Waals surface area contributed by atoms with E-state index in [4.69, 9.17) is 0 Å². The molecule has 0 bridgehead atoms. The Morgan fingerprint density at radius 2 is 1.33 bits per heavy atom. The number of halogens is 5. The van der Waals surface area contributed by atoms with Gasteiger partial charge < -0.3 is 0 Å². The average molecular weight is 407 g/mol. The number of anilines is 1. The molecule has 5 nitrogen and oxygen atoms in total. The van der Waals surface area contributed by atoms with Gasteiger partial charge in [0.15, 0.2) is 23.3 Å². The number of benzene rings is 2. The second kappa shape index (κ2) is 7.61. The summed E-state index contributed by atoms with van der Waals surface area (Å²) in [4.78, 5) is 0.0109. The number of nitrogens with one attached hydrogen (secondary N) is 1. The van der Waals surface area contributed by atoms with Crippen LogP contribution in [0, 0.1) is 29.1 Å². The lowest BCUT2D eigenvalue weighted by Crippen LogP contribution is -2.22. The second-order valence-electron chi connectivity index (χ2n) is 5.57. The van der Waals surface area contributed by atoms with Crippen LogP contribution in [0.25, 0.3) is 0 Å². The molecule has 27 heavy (non-hydrogen) atoms. The lowest BCUT2D eigenvalue weighted by molar-refractivity contribution is 0.381. The largest absolute Gasteiger partial charge is 0.272 e. The highest BCUT2D eigenvalue weighted by Crippen LogP contribution is 2.27. The molecule has 0 aliphatic rings. The number of sulfonamides is 1. The van der Waals surface area contributed by atoms with Crippen molar-refractivity contribution in [3.63, 3.8) is 0 Å². The topological polar surface area (TPSA) is 61.8 Å². The van der Waals surface area contributed by atoms with E-state index in [0.717, 1.165) is 4.31 Å². The molecule has 0 aliphatic heterocycles. The van der Waals surface area contributed by atoms with Crippen LogP contribution >= 0.6 is 0 Å². The molecule has 0 atom stereocenters. The van der Waals surface area contributed by atoms with Crippen LogP contribution in [0.2, 0.25) is 0 Å². The molecule has 0 saturated carbocycles. The van der Waals surface area contributed by atoms with E-state index in [2.05, 4.69) is 5.10 Å². The van der Waals surface area contributed by atoms with Crippen molar-refractivity contribution >= 4 is 21.4 Å². The van der Waals surface area contributed by atoms with Crippen molar-refractivity contribution in [3.8, 4) is 0 Å². The molecule has 0 saturated heterocycles. The zero-order valence-electron chi connectivity index (χ0n) is 14.3. The lowest BCUT2D eigenvalue weighted by Gasteiger charge is -2.12. The first-order valence-corrected chi connectivity index (χ1v) is 8.77. The minimum Gasteiger partial charge on any atom is -0.272 e. The zero-order valence-corrected chi connectivity index (χ0v) is 15.1. The van der Waals surface area contributed by atoms with Gasteiger partial charge in [-0.15, -0.1) is 0 Å². The van der Waals surface area contributed by atoms with Gasteiger partial charge in [-0.05, 0) is 24.6 Å². The van der Waals surface area contributed by atoms with Crippen molar-refractivity contribution in [2.75, 3.05) is 19.5 Å². The van der Waals surface area contributed by atoms with Crippen LogP contribution in [0.1, 0.15) is 12.5 Å². The standard InChI is InChI=1S/C16H14F5N3O2S/c1-8(9-4-6-10(7-5-9)27(25,26)24(2)3)22-23-16-14(20)12(18)11(17)13(19)15(16)21/h4-7,23H,1-3H3/b22-8-. The first-order chi connectivity index (χ1) is 12.5. The molecule has 0 radical (unpaired) electrons. The number of hydrogen-bond acceptors (Lipinski definition) is 4.